The maximum absolute atomic E-state index is 13.2. The second-order valence-corrected chi connectivity index (χ2v) is 8.58. The number of aromatic nitrogens is 1. The third kappa shape index (κ3) is 5.68. The van der Waals surface area contributed by atoms with Crippen molar-refractivity contribution in [1.82, 2.24) is 4.73 Å². The fraction of sp³-hybridized carbons (Fsp3) is 0.0606. The maximum atomic E-state index is 13.2. The zero-order valence-corrected chi connectivity index (χ0v) is 20.7. The molecule has 4 aromatic carbocycles. The van der Waals surface area contributed by atoms with Gasteiger partial charge in [0.2, 0.25) is 11.3 Å². The summed E-state index contributed by atoms with van der Waals surface area (Å²) in [5, 5.41) is 0. The Hall–Kier alpha value is -5.03. The zero-order chi connectivity index (χ0) is 26.2. The van der Waals surface area contributed by atoms with E-state index in [2.05, 4.69) is 6.58 Å². The lowest BCUT2D eigenvalue weighted by molar-refractivity contribution is 0.0445. The first-order valence-electron chi connectivity index (χ1n) is 12.3. The van der Waals surface area contributed by atoms with Crippen molar-refractivity contribution in [2.45, 2.75) is 12.2 Å². The second-order valence-electron chi connectivity index (χ2n) is 8.58. The van der Waals surface area contributed by atoms with E-state index in [9.17, 15) is 4.79 Å². The predicted molar refractivity (Wildman–Crippen MR) is 148 cm³/mol. The highest BCUT2D eigenvalue weighted by Gasteiger charge is 2.22. The van der Waals surface area contributed by atoms with E-state index in [1.54, 1.807) is 0 Å². The summed E-state index contributed by atoms with van der Waals surface area (Å²) in [6.07, 6.45) is 1.81. The molecular weight excluding hydrogens is 474 g/mol. The topological polar surface area (TPSA) is 49.7 Å². The number of ether oxygens (including phenoxy) is 2. The second kappa shape index (κ2) is 11.8. The zero-order valence-electron chi connectivity index (χ0n) is 20.7. The van der Waals surface area contributed by atoms with Gasteiger partial charge >= 0.3 is 0 Å². The lowest BCUT2D eigenvalue weighted by Crippen LogP contribution is -2.24. The van der Waals surface area contributed by atoms with Crippen LogP contribution in [-0.2, 0) is 0 Å². The predicted octanol–water partition coefficient (Wildman–Crippen LogP) is 6.76. The smallest absolute Gasteiger partial charge is 0.236 e. The van der Waals surface area contributed by atoms with Crippen molar-refractivity contribution in [3.63, 3.8) is 0 Å². The van der Waals surface area contributed by atoms with Crippen LogP contribution in [0.1, 0.15) is 34.5 Å². The van der Waals surface area contributed by atoms with Crippen molar-refractivity contribution in [3.8, 4) is 11.6 Å². The number of benzene rings is 4. The third-order valence-corrected chi connectivity index (χ3v) is 6.03. The van der Waals surface area contributed by atoms with Crippen LogP contribution in [0.15, 0.2) is 151 Å². The quantitative estimate of drug-likeness (QED) is 0.199. The van der Waals surface area contributed by atoms with Crippen molar-refractivity contribution in [1.29, 1.82) is 0 Å². The Morgan fingerprint density at radius 1 is 0.632 bits per heavy atom. The van der Waals surface area contributed by atoms with Crippen LogP contribution in [0.5, 0.6) is 11.6 Å². The van der Waals surface area contributed by atoms with Gasteiger partial charge in [0, 0.05) is 0 Å². The lowest BCUT2D eigenvalue weighted by atomic mass is 10.0. The van der Waals surface area contributed by atoms with Crippen LogP contribution in [-0.4, -0.2) is 4.73 Å². The van der Waals surface area contributed by atoms with E-state index in [1.165, 1.54) is 23.3 Å². The van der Waals surface area contributed by atoms with E-state index < -0.39 is 12.2 Å². The molecule has 0 amide bonds. The van der Waals surface area contributed by atoms with Crippen LogP contribution in [0, 0.1) is 0 Å². The molecule has 0 unspecified atom stereocenters. The molecular formula is C33H27NO4. The SMILES string of the molecule is C=COc1cc(=O)c(OC(c2ccccc2)c2ccccc2)cn1OC(c1ccccc1)c1ccccc1. The molecule has 5 aromatic rings. The summed E-state index contributed by atoms with van der Waals surface area (Å²) < 4.78 is 13.4. The standard InChI is InChI=1S/C33H27NO4/c1-2-36-31-23-29(35)30(37-32(25-15-7-3-8-16-25)26-17-9-4-10-18-26)24-34(31)38-33(27-19-11-5-12-20-27)28-21-13-6-14-22-28/h2-24,32-33H,1H2. The Balaban J connectivity index is 1.57. The number of hydrogen-bond acceptors (Lipinski definition) is 4. The number of hydrogen-bond donors (Lipinski definition) is 0. The summed E-state index contributed by atoms with van der Waals surface area (Å²) in [6, 6.07) is 40.6. The van der Waals surface area contributed by atoms with E-state index >= 15 is 0 Å². The van der Waals surface area contributed by atoms with Gasteiger partial charge in [0.15, 0.2) is 11.9 Å². The summed E-state index contributed by atoms with van der Waals surface area (Å²) in [5.41, 5.74) is 3.38. The summed E-state index contributed by atoms with van der Waals surface area (Å²) in [4.78, 5) is 19.7. The average Bonchev–Trinajstić information content (AvgIpc) is 2.98. The van der Waals surface area contributed by atoms with Gasteiger partial charge in [0.05, 0.1) is 18.5 Å². The van der Waals surface area contributed by atoms with E-state index in [4.69, 9.17) is 14.3 Å². The molecule has 1 heterocycles. The van der Waals surface area contributed by atoms with Gasteiger partial charge in [-0.3, -0.25) is 4.79 Å². The Morgan fingerprint density at radius 3 is 1.47 bits per heavy atom. The molecule has 38 heavy (non-hydrogen) atoms. The van der Waals surface area contributed by atoms with Crippen molar-refractivity contribution in [2.24, 2.45) is 0 Å². The first kappa shape index (κ1) is 24.7. The number of pyridine rings is 1. The Labute approximate surface area is 221 Å². The third-order valence-electron chi connectivity index (χ3n) is 6.03. The van der Waals surface area contributed by atoms with Crippen LogP contribution in [0.25, 0.3) is 0 Å². The Kier molecular flexibility index (Phi) is 7.66. The highest BCUT2D eigenvalue weighted by atomic mass is 16.7. The van der Waals surface area contributed by atoms with Crippen molar-refractivity contribution in [2.75, 3.05) is 0 Å². The van der Waals surface area contributed by atoms with E-state index in [1.807, 2.05) is 121 Å². The van der Waals surface area contributed by atoms with Crippen molar-refractivity contribution >= 4 is 0 Å². The minimum absolute atomic E-state index is 0.124. The molecule has 0 N–H and O–H groups in total. The highest BCUT2D eigenvalue weighted by molar-refractivity contribution is 5.34. The summed E-state index contributed by atoms with van der Waals surface area (Å²) in [7, 11) is 0. The molecule has 0 bridgehead atoms. The molecule has 188 valence electrons. The first-order valence-corrected chi connectivity index (χ1v) is 12.3. The van der Waals surface area contributed by atoms with Gasteiger partial charge in [0.25, 0.3) is 0 Å². The van der Waals surface area contributed by atoms with Crippen LogP contribution in [0.2, 0.25) is 0 Å². The van der Waals surface area contributed by atoms with Gasteiger partial charge in [-0.25, -0.2) is 0 Å². The molecule has 0 spiro atoms. The van der Waals surface area contributed by atoms with Crippen molar-refractivity contribution < 1.29 is 14.3 Å². The molecule has 5 nitrogen and oxygen atoms in total. The minimum Gasteiger partial charge on any atom is -0.475 e. The largest absolute Gasteiger partial charge is 0.475 e. The van der Waals surface area contributed by atoms with Crippen LogP contribution in [0.4, 0.5) is 0 Å². The molecule has 0 saturated carbocycles. The minimum atomic E-state index is -0.497. The molecule has 0 atom stereocenters. The fourth-order valence-corrected chi connectivity index (χ4v) is 4.22. The molecule has 0 aliphatic heterocycles. The first-order chi connectivity index (χ1) is 18.7. The van der Waals surface area contributed by atoms with Crippen LogP contribution >= 0.6 is 0 Å². The molecule has 5 heteroatoms. The number of nitrogens with zero attached hydrogens (tertiary/aromatic N) is 1. The Morgan fingerprint density at radius 2 is 1.05 bits per heavy atom. The van der Waals surface area contributed by atoms with E-state index in [0.717, 1.165) is 22.3 Å². The van der Waals surface area contributed by atoms with E-state index in [0.29, 0.717) is 0 Å². The van der Waals surface area contributed by atoms with Crippen molar-refractivity contribution in [3.05, 3.63) is 179 Å². The lowest BCUT2D eigenvalue weighted by Gasteiger charge is -2.24. The normalized spacial score (nSPS) is 10.8. The Bertz CT molecular complexity index is 1440. The maximum Gasteiger partial charge on any atom is 0.236 e. The molecule has 1 aromatic heterocycles. The van der Waals surface area contributed by atoms with Gasteiger partial charge in [-0.2, -0.15) is 4.73 Å². The van der Waals surface area contributed by atoms with E-state index in [-0.39, 0.29) is 17.1 Å². The summed E-state index contributed by atoms with van der Waals surface area (Å²) in [5.74, 6) is 0.309. The summed E-state index contributed by atoms with van der Waals surface area (Å²) >= 11 is 0. The average molecular weight is 502 g/mol. The molecule has 0 radical (unpaired) electrons. The fourth-order valence-electron chi connectivity index (χ4n) is 4.22. The summed E-state index contributed by atoms with van der Waals surface area (Å²) in [6.45, 7) is 3.65. The molecule has 0 saturated heterocycles. The molecule has 5 rings (SSSR count). The van der Waals surface area contributed by atoms with Gasteiger partial charge in [-0.1, -0.05) is 128 Å². The van der Waals surface area contributed by atoms with Gasteiger partial charge < -0.3 is 14.3 Å². The van der Waals surface area contributed by atoms with Gasteiger partial charge in [-0.15, -0.1) is 0 Å². The molecule has 0 fully saturated rings. The highest BCUT2D eigenvalue weighted by Crippen LogP contribution is 2.29. The van der Waals surface area contributed by atoms with Crippen LogP contribution in [0.3, 0.4) is 0 Å². The monoisotopic (exact) mass is 501 g/mol. The molecule has 0 aliphatic rings. The van der Waals surface area contributed by atoms with Crippen LogP contribution < -0.4 is 19.7 Å². The molecule has 0 aliphatic carbocycles. The number of rotatable bonds is 10. The van der Waals surface area contributed by atoms with Gasteiger partial charge in [0.1, 0.15) is 6.10 Å². The van der Waals surface area contributed by atoms with Gasteiger partial charge in [-0.05, 0) is 22.3 Å².